The van der Waals surface area contributed by atoms with E-state index in [0.29, 0.717) is 11.3 Å². The molecule has 0 aliphatic carbocycles. The minimum absolute atomic E-state index is 0.671. The van der Waals surface area contributed by atoms with E-state index >= 15 is 0 Å². The largest absolute Gasteiger partial charge is 0.361 e. The summed E-state index contributed by atoms with van der Waals surface area (Å²) in [6, 6.07) is 2.27. The normalized spacial score (nSPS) is 10.6. The van der Waals surface area contributed by atoms with Crippen LogP contribution in [0.5, 0.6) is 0 Å². The zero-order valence-corrected chi connectivity index (χ0v) is 13.2. The summed E-state index contributed by atoms with van der Waals surface area (Å²) < 4.78 is 5.16. The van der Waals surface area contributed by atoms with Crippen LogP contribution in [-0.2, 0) is 5.75 Å². The number of thioether (sulfide) groups is 1. The quantitative estimate of drug-likeness (QED) is 0.804. The fourth-order valence-corrected chi connectivity index (χ4v) is 3.23. The van der Waals surface area contributed by atoms with Gasteiger partial charge in [0.15, 0.2) is 0 Å². The van der Waals surface area contributed by atoms with Crippen molar-refractivity contribution in [2.24, 2.45) is 0 Å². The summed E-state index contributed by atoms with van der Waals surface area (Å²) in [7, 11) is 0. The third-order valence-electron chi connectivity index (χ3n) is 3.61. The van der Waals surface area contributed by atoms with Crippen LogP contribution in [0.3, 0.4) is 0 Å². The monoisotopic (exact) mass is 287 g/mol. The molecule has 0 N–H and O–H groups in total. The lowest BCUT2D eigenvalue weighted by atomic mass is 10.1. The number of hydrogen-bond donors (Lipinski definition) is 0. The van der Waals surface area contributed by atoms with Crippen LogP contribution in [-0.4, -0.2) is 10.1 Å². The molecule has 20 heavy (non-hydrogen) atoms. The molecule has 2 rings (SSSR count). The molecule has 0 fully saturated rings. The van der Waals surface area contributed by atoms with Gasteiger partial charge in [0.2, 0.25) is 0 Å². The predicted molar refractivity (Wildman–Crippen MR) is 78.7 cm³/mol. The van der Waals surface area contributed by atoms with Gasteiger partial charge in [0, 0.05) is 17.0 Å². The lowest BCUT2D eigenvalue weighted by Gasteiger charge is -2.10. The van der Waals surface area contributed by atoms with Crippen molar-refractivity contribution >= 4 is 11.8 Å². The van der Waals surface area contributed by atoms with Crippen molar-refractivity contribution in [2.75, 3.05) is 0 Å². The van der Waals surface area contributed by atoms with Gasteiger partial charge < -0.3 is 4.52 Å². The van der Waals surface area contributed by atoms with Crippen molar-refractivity contribution < 1.29 is 4.52 Å². The molecule has 0 spiro atoms. The Hall–Kier alpha value is -1.80. The molecular weight excluding hydrogens is 270 g/mol. The fourth-order valence-electron chi connectivity index (χ4n) is 2.00. The molecule has 2 heterocycles. The lowest BCUT2D eigenvalue weighted by Crippen LogP contribution is -1.99. The average molecular weight is 287 g/mol. The van der Waals surface area contributed by atoms with E-state index in [2.05, 4.69) is 16.2 Å². The first kappa shape index (κ1) is 14.6. The number of nitrogens with zero attached hydrogens (tertiary/aromatic N) is 3. The molecule has 4 nitrogen and oxygen atoms in total. The fraction of sp³-hybridized carbons (Fsp3) is 0.400. The van der Waals surface area contributed by atoms with Crippen LogP contribution in [0.25, 0.3) is 0 Å². The topological polar surface area (TPSA) is 62.7 Å². The highest BCUT2D eigenvalue weighted by atomic mass is 32.2. The minimum atomic E-state index is 0.671. The van der Waals surface area contributed by atoms with Gasteiger partial charge in [-0.2, -0.15) is 5.26 Å². The average Bonchev–Trinajstić information content (AvgIpc) is 2.73. The highest BCUT2D eigenvalue weighted by molar-refractivity contribution is 7.98. The van der Waals surface area contributed by atoms with E-state index < -0.39 is 0 Å². The summed E-state index contributed by atoms with van der Waals surface area (Å²) in [5.74, 6) is 1.54. The SMILES string of the molecule is Cc1nc(SCc2c(C)noc2C)c(C#N)c(C)c1C. The first-order valence-electron chi connectivity index (χ1n) is 6.38. The van der Waals surface area contributed by atoms with Crippen molar-refractivity contribution in [1.29, 1.82) is 5.26 Å². The first-order chi connectivity index (χ1) is 9.45. The van der Waals surface area contributed by atoms with Crippen LogP contribution >= 0.6 is 11.8 Å². The van der Waals surface area contributed by atoms with Crippen molar-refractivity contribution in [3.63, 3.8) is 0 Å². The molecule has 0 saturated carbocycles. The van der Waals surface area contributed by atoms with Gasteiger partial charge in [-0.3, -0.25) is 0 Å². The summed E-state index contributed by atoms with van der Waals surface area (Å²) in [5.41, 5.74) is 5.72. The third-order valence-corrected chi connectivity index (χ3v) is 4.61. The highest BCUT2D eigenvalue weighted by Gasteiger charge is 2.15. The molecule has 0 bridgehead atoms. The van der Waals surface area contributed by atoms with E-state index in [0.717, 1.165) is 38.9 Å². The van der Waals surface area contributed by atoms with Crippen LogP contribution in [0, 0.1) is 45.9 Å². The Labute approximate surface area is 123 Å². The van der Waals surface area contributed by atoms with Crippen molar-refractivity contribution in [3.05, 3.63) is 39.4 Å². The van der Waals surface area contributed by atoms with E-state index in [-0.39, 0.29) is 0 Å². The van der Waals surface area contributed by atoms with Crippen LogP contribution < -0.4 is 0 Å². The Morgan fingerprint density at radius 3 is 2.35 bits per heavy atom. The first-order valence-corrected chi connectivity index (χ1v) is 7.36. The molecule has 0 saturated heterocycles. The van der Waals surface area contributed by atoms with Crippen LogP contribution in [0.4, 0.5) is 0 Å². The maximum atomic E-state index is 9.35. The Morgan fingerprint density at radius 1 is 1.10 bits per heavy atom. The van der Waals surface area contributed by atoms with E-state index in [1.165, 1.54) is 0 Å². The Bertz CT molecular complexity index is 679. The number of hydrogen-bond acceptors (Lipinski definition) is 5. The summed E-state index contributed by atoms with van der Waals surface area (Å²) in [6.45, 7) is 9.78. The lowest BCUT2D eigenvalue weighted by molar-refractivity contribution is 0.392. The number of aryl methyl sites for hydroxylation is 3. The number of nitriles is 1. The second-order valence-electron chi connectivity index (χ2n) is 4.83. The molecule has 0 atom stereocenters. The maximum Gasteiger partial charge on any atom is 0.137 e. The second-order valence-corrected chi connectivity index (χ2v) is 5.79. The van der Waals surface area contributed by atoms with Gasteiger partial charge in [0.25, 0.3) is 0 Å². The van der Waals surface area contributed by atoms with Gasteiger partial charge in [-0.1, -0.05) is 5.16 Å². The van der Waals surface area contributed by atoms with Crippen LogP contribution in [0.15, 0.2) is 9.55 Å². The molecule has 0 radical (unpaired) electrons. The zero-order valence-electron chi connectivity index (χ0n) is 12.4. The molecular formula is C15H17N3OS. The van der Waals surface area contributed by atoms with Crippen molar-refractivity contribution in [3.8, 4) is 6.07 Å². The second kappa shape index (κ2) is 5.68. The molecule has 0 aliphatic rings. The number of pyridine rings is 1. The minimum Gasteiger partial charge on any atom is -0.361 e. The molecule has 2 aromatic rings. The molecule has 0 aliphatic heterocycles. The number of rotatable bonds is 3. The molecule has 5 heteroatoms. The molecule has 104 valence electrons. The van der Waals surface area contributed by atoms with Crippen LogP contribution in [0.1, 0.15) is 39.4 Å². The van der Waals surface area contributed by atoms with E-state index in [9.17, 15) is 5.26 Å². The van der Waals surface area contributed by atoms with E-state index in [1.54, 1.807) is 11.8 Å². The highest BCUT2D eigenvalue weighted by Crippen LogP contribution is 2.30. The smallest absolute Gasteiger partial charge is 0.137 e. The summed E-state index contributed by atoms with van der Waals surface area (Å²) in [6.07, 6.45) is 0. The Kier molecular flexibility index (Phi) is 4.15. The Morgan fingerprint density at radius 2 is 1.80 bits per heavy atom. The molecule has 0 unspecified atom stereocenters. The van der Waals surface area contributed by atoms with Gasteiger partial charge in [-0.15, -0.1) is 11.8 Å². The third kappa shape index (κ3) is 2.56. The van der Waals surface area contributed by atoms with Gasteiger partial charge in [-0.25, -0.2) is 4.98 Å². The van der Waals surface area contributed by atoms with Gasteiger partial charge >= 0.3 is 0 Å². The molecule has 0 amide bonds. The van der Waals surface area contributed by atoms with Crippen molar-refractivity contribution in [1.82, 2.24) is 10.1 Å². The van der Waals surface area contributed by atoms with Crippen molar-refractivity contribution in [2.45, 2.75) is 45.4 Å². The summed E-state index contributed by atoms with van der Waals surface area (Å²) in [4.78, 5) is 4.55. The van der Waals surface area contributed by atoms with E-state index in [1.807, 2.05) is 34.6 Å². The predicted octanol–water partition coefficient (Wildman–Crippen LogP) is 3.78. The summed E-state index contributed by atoms with van der Waals surface area (Å²) in [5, 5.41) is 14.1. The van der Waals surface area contributed by atoms with Crippen LogP contribution in [0.2, 0.25) is 0 Å². The maximum absolute atomic E-state index is 9.35. The zero-order chi connectivity index (χ0) is 14.9. The van der Waals surface area contributed by atoms with Gasteiger partial charge in [0.05, 0.1) is 11.3 Å². The summed E-state index contributed by atoms with van der Waals surface area (Å²) >= 11 is 1.56. The molecule has 2 aromatic heterocycles. The van der Waals surface area contributed by atoms with Gasteiger partial charge in [0.1, 0.15) is 16.9 Å². The van der Waals surface area contributed by atoms with E-state index in [4.69, 9.17) is 4.52 Å². The Balaban J connectivity index is 2.33. The van der Waals surface area contributed by atoms with Gasteiger partial charge in [-0.05, 0) is 45.7 Å². The standard InChI is InChI=1S/C15H17N3OS/c1-8-9(2)13(6-16)15(17-10(8)3)20-7-14-11(4)18-19-12(14)5/h7H2,1-5H3. The number of aromatic nitrogens is 2. The molecule has 0 aromatic carbocycles.